The standard InChI is InChI=1S/C53H100NO7P/c1-3-5-7-9-11-13-15-17-19-21-23-25-27-29-31-33-35-37-39-41-43-45-48-58-50-52(51-60-62(56,57)59-49-47-54)61-53(55)46-44-42-40-38-36-34-32-30-28-26-24-22-20-18-16-14-12-10-8-6-4-2/h5,7,11,13,17,19,23,25,52H,3-4,6,8-10,12,14-16,18,20-22,24,26-51,54H2,1-2H3,(H,56,57)/b7-5-,13-11-,19-17-,25-23-. The molecule has 9 heteroatoms. The Morgan fingerprint density at radius 1 is 0.500 bits per heavy atom. The molecule has 0 rings (SSSR count). The molecule has 0 aromatic carbocycles. The summed E-state index contributed by atoms with van der Waals surface area (Å²) in [6.07, 6.45) is 61.5. The van der Waals surface area contributed by atoms with Crippen LogP contribution >= 0.6 is 7.82 Å². The number of ether oxygens (including phenoxy) is 2. The van der Waals surface area contributed by atoms with Crippen molar-refractivity contribution in [3.63, 3.8) is 0 Å². The summed E-state index contributed by atoms with van der Waals surface area (Å²) in [6, 6.07) is 0. The SMILES string of the molecule is CC/C=C\C/C=C\C/C=C\C/C=C\CCCCCCCCCCCOCC(COP(=O)(O)OCCN)OC(=O)CCCCCCCCCCCCCCCCCCCCCCC. The molecule has 0 bridgehead atoms. The van der Waals surface area contributed by atoms with Crippen molar-refractivity contribution in [1.82, 2.24) is 0 Å². The van der Waals surface area contributed by atoms with Crippen molar-refractivity contribution in [3.8, 4) is 0 Å². The number of nitrogens with two attached hydrogens (primary N) is 1. The number of rotatable bonds is 50. The topological polar surface area (TPSA) is 117 Å². The van der Waals surface area contributed by atoms with Gasteiger partial charge in [0.2, 0.25) is 0 Å². The number of unbranched alkanes of at least 4 members (excludes halogenated alkanes) is 29. The van der Waals surface area contributed by atoms with Crippen LogP contribution in [0.2, 0.25) is 0 Å². The summed E-state index contributed by atoms with van der Waals surface area (Å²) in [5.41, 5.74) is 5.39. The second kappa shape index (κ2) is 50.5. The molecule has 2 unspecified atom stereocenters. The summed E-state index contributed by atoms with van der Waals surface area (Å²) in [7, 11) is -4.28. The molecule has 0 saturated heterocycles. The smallest absolute Gasteiger partial charge is 0.457 e. The van der Waals surface area contributed by atoms with E-state index in [1.165, 1.54) is 167 Å². The summed E-state index contributed by atoms with van der Waals surface area (Å²) < 4.78 is 33.6. The number of hydrogen-bond acceptors (Lipinski definition) is 7. The van der Waals surface area contributed by atoms with E-state index < -0.39 is 13.9 Å². The van der Waals surface area contributed by atoms with E-state index in [0.29, 0.717) is 13.0 Å². The van der Waals surface area contributed by atoms with Gasteiger partial charge in [-0.05, 0) is 51.4 Å². The summed E-state index contributed by atoms with van der Waals surface area (Å²) in [5, 5.41) is 0. The zero-order valence-electron chi connectivity index (χ0n) is 40.6. The first-order chi connectivity index (χ1) is 30.4. The Morgan fingerprint density at radius 3 is 1.35 bits per heavy atom. The Morgan fingerprint density at radius 2 is 0.903 bits per heavy atom. The third-order valence-electron chi connectivity index (χ3n) is 11.3. The van der Waals surface area contributed by atoms with Crippen molar-refractivity contribution in [3.05, 3.63) is 48.6 Å². The number of phosphoric acid groups is 1. The van der Waals surface area contributed by atoms with Crippen LogP contribution < -0.4 is 5.73 Å². The van der Waals surface area contributed by atoms with Gasteiger partial charge in [-0.1, -0.05) is 236 Å². The number of carbonyl (C=O) groups is 1. The van der Waals surface area contributed by atoms with E-state index in [0.717, 1.165) is 57.8 Å². The van der Waals surface area contributed by atoms with Crippen molar-refractivity contribution >= 4 is 13.8 Å². The molecular weight excluding hydrogens is 794 g/mol. The number of carbonyl (C=O) groups excluding carboxylic acids is 1. The van der Waals surface area contributed by atoms with Crippen molar-refractivity contribution in [2.75, 3.05) is 33.0 Å². The molecular formula is C53H100NO7P. The van der Waals surface area contributed by atoms with E-state index >= 15 is 0 Å². The number of allylic oxidation sites excluding steroid dienone is 8. The molecule has 0 aliphatic carbocycles. The largest absolute Gasteiger partial charge is 0.472 e. The number of hydrogen-bond donors (Lipinski definition) is 2. The second-order valence-corrected chi connectivity index (χ2v) is 18.8. The van der Waals surface area contributed by atoms with E-state index in [1.54, 1.807) is 0 Å². The van der Waals surface area contributed by atoms with Gasteiger partial charge in [-0.25, -0.2) is 4.57 Å². The average molecular weight is 894 g/mol. The van der Waals surface area contributed by atoms with Gasteiger partial charge in [-0.2, -0.15) is 0 Å². The molecule has 0 spiro atoms. The van der Waals surface area contributed by atoms with Gasteiger partial charge in [0.25, 0.3) is 0 Å². The molecule has 3 N–H and O–H groups in total. The maximum atomic E-state index is 12.7. The molecule has 0 fully saturated rings. The summed E-state index contributed by atoms with van der Waals surface area (Å²) >= 11 is 0. The fourth-order valence-electron chi connectivity index (χ4n) is 7.46. The van der Waals surface area contributed by atoms with Crippen LogP contribution in [-0.2, 0) is 27.9 Å². The van der Waals surface area contributed by atoms with Gasteiger partial charge < -0.3 is 20.1 Å². The van der Waals surface area contributed by atoms with Crippen LogP contribution in [0.3, 0.4) is 0 Å². The van der Waals surface area contributed by atoms with Gasteiger partial charge in [0.15, 0.2) is 0 Å². The Bertz CT molecular complexity index is 1090. The molecule has 0 aliphatic heterocycles. The van der Waals surface area contributed by atoms with E-state index in [4.69, 9.17) is 24.3 Å². The zero-order chi connectivity index (χ0) is 45.1. The second-order valence-electron chi connectivity index (χ2n) is 17.4. The minimum Gasteiger partial charge on any atom is -0.457 e. The van der Waals surface area contributed by atoms with Crippen LogP contribution in [0.4, 0.5) is 0 Å². The van der Waals surface area contributed by atoms with Gasteiger partial charge >= 0.3 is 13.8 Å². The summed E-state index contributed by atoms with van der Waals surface area (Å²) in [4.78, 5) is 22.6. The Kier molecular flexibility index (Phi) is 49.2. The zero-order valence-corrected chi connectivity index (χ0v) is 41.5. The van der Waals surface area contributed by atoms with Crippen LogP contribution in [-0.4, -0.2) is 49.9 Å². The molecule has 2 atom stereocenters. The quantitative estimate of drug-likeness (QED) is 0.0268. The average Bonchev–Trinajstić information content (AvgIpc) is 3.26. The monoisotopic (exact) mass is 894 g/mol. The lowest BCUT2D eigenvalue weighted by atomic mass is 10.0. The van der Waals surface area contributed by atoms with Gasteiger partial charge in [0, 0.05) is 19.6 Å². The van der Waals surface area contributed by atoms with Gasteiger partial charge in [0.1, 0.15) is 6.10 Å². The predicted octanol–water partition coefficient (Wildman–Crippen LogP) is 16.3. The highest BCUT2D eigenvalue weighted by Gasteiger charge is 2.25. The minimum atomic E-state index is -4.28. The van der Waals surface area contributed by atoms with Crippen LogP contribution in [0.1, 0.15) is 245 Å². The van der Waals surface area contributed by atoms with Gasteiger partial charge in [-0.3, -0.25) is 13.8 Å². The Labute approximate surface area is 383 Å². The van der Waals surface area contributed by atoms with Crippen LogP contribution in [0.5, 0.6) is 0 Å². The highest BCUT2D eigenvalue weighted by atomic mass is 31.2. The third kappa shape index (κ3) is 49.5. The number of esters is 1. The highest BCUT2D eigenvalue weighted by Crippen LogP contribution is 2.43. The van der Waals surface area contributed by atoms with Crippen LogP contribution in [0.15, 0.2) is 48.6 Å². The molecule has 0 amide bonds. The normalized spacial score (nSPS) is 13.7. The number of phosphoric ester groups is 1. The fourth-order valence-corrected chi connectivity index (χ4v) is 8.23. The van der Waals surface area contributed by atoms with Crippen LogP contribution in [0, 0.1) is 0 Å². The van der Waals surface area contributed by atoms with E-state index in [1.807, 2.05) is 0 Å². The molecule has 0 saturated carbocycles. The fraction of sp³-hybridized carbons (Fsp3) is 0.830. The van der Waals surface area contributed by atoms with Crippen molar-refractivity contribution < 1.29 is 32.8 Å². The molecule has 0 radical (unpaired) electrons. The summed E-state index contributed by atoms with van der Waals surface area (Å²) in [5.74, 6) is -0.328. The van der Waals surface area contributed by atoms with Crippen molar-refractivity contribution in [2.45, 2.75) is 251 Å². The third-order valence-corrected chi connectivity index (χ3v) is 12.2. The minimum absolute atomic E-state index is 0.0963. The van der Waals surface area contributed by atoms with E-state index in [-0.39, 0.29) is 32.3 Å². The molecule has 364 valence electrons. The predicted molar refractivity (Wildman–Crippen MR) is 266 cm³/mol. The first-order valence-corrected chi connectivity index (χ1v) is 27.6. The molecule has 0 aromatic rings. The maximum absolute atomic E-state index is 12.7. The summed E-state index contributed by atoms with van der Waals surface area (Å²) in [6.45, 7) is 4.84. The lowest BCUT2D eigenvalue weighted by Crippen LogP contribution is -2.28. The van der Waals surface area contributed by atoms with Gasteiger partial charge in [0.05, 0.1) is 19.8 Å². The van der Waals surface area contributed by atoms with Crippen molar-refractivity contribution in [2.24, 2.45) is 5.73 Å². The molecule has 8 nitrogen and oxygen atoms in total. The lowest BCUT2D eigenvalue weighted by Gasteiger charge is -2.20. The first-order valence-electron chi connectivity index (χ1n) is 26.1. The maximum Gasteiger partial charge on any atom is 0.472 e. The van der Waals surface area contributed by atoms with Crippen LogP contribution in [0.25, 0.3) is 0 Å². The lowest BCUT2D eigenvalue weighted by molar-refractivity contribution is -0.154. The van der Waals surface area contributed by atoms with E-state index in [9.17, 15) is 14.3 Å². The molecule has 62 heavy (non-hydrogen) atoms. The molecule has 0 heterocycles. The molecule has 0 aromatic heterocycles. The Hall–Kier alpha value is -1.54. The van der Waals surface area contributed by atoms with Crippen molar-refractivity contribution in [1.29, 1.82) is 0 Å². The molecule has 0 aliphatic rings. The first kappa shape index (κ1) is 60.5. The van der Waals surface area contributed by atoms with Gasteiger partial charge in [-0.15, -0.1) is 0 Å². The highest BCUT2D eigenvalue weighted by molar-refractivity contribution is 7.47. The Balaban J connectivity index is 3.92. The van der Waals surface area contributed by atoms with E-state index in [2.05, 4.69) is 62.5 Å².